The van der Waals surface area contributed by atoms with Gasteiger partial charge < -0.3 is 19.5 Å². The van der Waals surface area contributed by atoms with E-state index in [0.717, 1.165) is 4.31 Å². The molecule has 0 aliphatic rings. The van der Waals surface area contributed by atoms with Gasteiger partial charge in [0.1, 0.15) is 30.4 Å². The van der Waals surface area contributed by atoms with Crippen LogP contribution in [0, 0.1) is 0 Å². The summed E-state index contributed by atoms with van der Waals surface area (Å²) < 4.78 is 44.2. The Balaban J connectivity index is 1.79. The molecule has 180 valence electrons. The highest BCUT2D eigenvalue weighted by Crippen LogP contribution is 2.35. The Bertz CT molecular complexity index is 1200. The van der Waals surface area contributed by atoms with Crippen LogP contribution in [0.2, 0.25) is 5.02 Å². The number of rotatable bonds is 11. The highest BCUT2D eigenvalue weighted by molar-refractivity contribution is 7.92. The molecule has 0 spiro atoms. The van der Waals surface area contributed by atoms with Crippen molar-refractivity contribution in [1.82, 2.24) is 5.32 Å². The fourth-order valence-electron chi connectivity index (χ4n) is 3.09. The first-order valence-electron chi connectivity index (χ1n) is 10.3. The average molecular weight is 505 g/mol. The molecular weight excluding hydrogens is 480 g/mol. The predicted octanol–water partition coefficient (Wildman–Crippen LogP) is 3.75. The summed E-state index contributed by atoms with van der Waals surface area (Å²) in [4.78, 5) is 12.8. The van der Waals surface area contributed by atoms with Crippen molar-refractivity contribution in [2.24, 2.45) is 0 Å². The van der Waals surface area contributed by atoms with Crippen LogP contribution >= 0.6 is 11.6 Å². The molecule has 3 aromatic rings. The summed E-state index contributed by atoms with van der Waals surface area (Å²) in [6.45, 7) is -0.0983. The third-order valence-electron chi connectivity index (χ3n) is 4.78. The number of sulfonamides is 1. The number of nitrogens with zero attached hydrogens (tertiary/aromatic N) is 1. The summed E-state index contributed by atoms with van der Waals surface area (Å²) in [6, 6.07) is 19.4. The number of anilines is 1. The topological polar surface area (TPSA) is 94.2 Å². The molecule has 0 saturated carbocycles. The molecular formula is C24H25ClN2O6S. The van der Waals surface area contributed by atoms with Crippen LogP contribution in [-0.4, -0.2) is 48.2 Å². The van der Waals surface area contributed by atoms with Crippen LogP contribution in [0.4, 0.5) is 5.69 Å². The molecule has 0 bridgehead atoms. The van der Waals surface area contributed by atoms with Crippen LogP contribution in [0.3, 0.4) is 0 Å². The summed E-state index contributed by atoms with van der Waals surface area (Å²) in [6.07, 6.45) is 0. The second kappa shape index (κ2) is 11.6. The Morgan fingerprint density at radius 1 is 0.941 bits per heavy atom. The lowest BCUT2D eigenvalue weighted by atomic mass is 10.2. The number of hydrogen-bond donors (Lipinski definition) is 1. The zero-order valence-electron chi connectivity index (χ0n) is 18.7. The molecule has 8 nitrogen and oxygen atoms in total. The van der Waals surface area contributed by atoms with Crippen molar-refractivity contribution in [3.05, 3.63) is 77.8 Å². The summed E-state index contributed by atoms with van der Waals surface area (Å²) in [5, 5.41) is 3.28. The van der Waals surface area contributed by atoms with Gasteiger partial charge in [-0.1, -0.05) is 29.8 Å². The summed E-state index contributed by atoms with van der Waals surface area (Å²) in [5.74, 6) is 0.789. The Morgan fingerprint density at radius 3 is 2.26 bits per heavy atom. The van der Waals surface area contributed by atoms with E-state index in [1.165, 1.54) is 32.4 Å². The summed E-state index contributed by atoms with van der Waals surface area (Å²) in [5.41, 5.74) is 0.179. The van der Waals surface area contributed by atoms with E-state index in [2.05, 4.69) is 5.32 Å². The van der Waals surface area contributed by atoms with Gasteiger partial charge in [0.05, 0.1) is 31.3 Å². The lowest BCUT2D eigenvalue weighted by molar-refractivity contribution is -0.119. The molecule has 10 heteroatoms. The molecule has 0 aromatic heterocycles. The first-order valence-corrected chi connectivity index (χ1v) is 12.1. The average Bonchev–Trinajstić information content (AvgIpc) is 2.86. The molecule has 3 aromatic carbocycles. The van der Waals surface area contributed by atoms with E-state index in [1.807, 2.05) is 0 Å². The number of hydrogen-bond acceptors (Lipinski definition) is 6. The molecule has 0 heterocycles. The van der Waals surface area contributed by atoms with E-state index in [0.29, 0.717) is 16.5 Å². The Hall–Kier alpha value is -3.43. The van der Waals surface area contributed by atoms with Crippen LogP contribution < -0.4 is 23.8 Å². The highest BCUT2D eigenvalue weighted by Gasteiger charge is 2.29. The molecule has 0 atom stereocenters. The molecule has 0 unspecified atom stereocenters. The Morgan fingerprint density at radius 2 is 1.62 bits per heavy atom. The largest absolute Gasteiger partial charge is 0.497 e. The predicted molar refractivity (Wildman–Crippen MR) is 130 cm³/mol. The number of carbonyl (C=O) groups is 1. The number of ether oxygens (including phenoxy) is 3. The number of amides is 1. The van der Waals surface area contributed by atoms with Gasteiger partial charge in [-0.2, -0.15) is 0 Å². The lowest BCUT2D eigenvalue weighted by Crippen LogP contribution is -2.42. The van der Waals surface area contributed by atoms with E-state index in [4.69, 9.17) is 25.8 Å². The maximum absolute atomic E-state index is 13.5. The zero-order valence-corrected chi connectivity index (χ0v) is 20.3. The molecule has 3 rings (SSSR count). The molecule has 1 amide bonds. The smallest absolute Gasteiger partial charge is 0.264 e. The van der Waals surface area contributed by atoms with Gasteiger partial charge in [-0.15, -0.1) is 0 Å². The van der Waals surface area contributed by atoms with Gasteiger partial charge in [0, 0.05) is 11.1 Å². The lowest BCUT2D eigenvalue weighted by Gasteiger charge is -2.26. The maximum atomic E-state index is 13.5. The fraction of sp³-hybridized carbons (Fsp3) is 0.208. The number of methoxy groups -OCH3 is 2. The second-order valence-electron chi connectivity index (χ2n) is 7.01. The van der Waals surface area contributed by atoms with Crippen LogP contribution in [0.1, 0.15) is 0 Å². The monoisotopic (exact) mass is 504 g/mol. The number of benzene rings is 3. The van der Waals surface area contributed by atoms with Gasteiger partial charge in [0.15, 0.2) is 0 Å². The van der Waals surface area contributed by atoms with E-state index in [9.17, 15) is 13.2 Å². The second-order valence-corrected chi connectivity index (χ2v) is 9.31. The van der Waals surface area contributed by atoms with Gasteiger partial charge in [0.2, 0.25) is 5.91 Å². The third kappa shape index (κ3) is 6.33. The van der Waals surface area contributed by atoms with Crippen LogP contribution in [0.25, 0.3) is 0 Å². The van der Waals surface area contributed by atoms with E-state index in [-0.39, 0.29) is 29.5 Å². The number of nitrogens with one attached hydrogen (secondary N) is 1. The summed E-state index contributed by atoms with van der Waals surface area (Å²) in [7, 11) is -1.20. The highest BCUT2D eigenvalue weighted by atomic mass is 35.5. The minimum absolute atomic E-state index is 0.0405. The van der Waals surface area contributed by atoms with Crippen LogP contribution in [0.15, 0.2) is 77.7 Å². The first kappa shape index (κ1) is 25.2. The quantitative estimate of drug-likeness (QED) is 0.400. The standard InChI is InChI=1S/C24H25ClN2O6S/c1-31-20-12-13-23(32-2)22(16-20)27(34(29,30)21-6-4-3-5-7-21)17-24(28)26-14-15-33-19-10-8-18(25)9-11-19/h3-13,16H,14-15,17H2,1-2H3,(H,26,28). The number of halogens is 1. The van der Waals surface area contributed by atoms with Gasteiger partial charge in [0.25, 0.3) is 10.0 Å². The third-order valence-corrected chi connectivity index (χ3v) is 6.81. The van der Waals surface area contributed by atoms with Crippen molar-refractivity contribution in [2.45, 2.75) is 4.90 Å². The van der Waals surface area contributed by atoms with Crippen molar-refractivity contribution in [3.8, 4) is 17.2 Å². The van der Waals surface area contributed by atoms with Gasteiger partial charge in [-0.05, 0) is 48.5 Å². The molecule has 0 radical (unpaired) electrons. The maximum Gasteiger partial charge on any atom is 0.264 e. The number of carbonyl (C=O) groups excluding carboxylic acids is 1. The van der Waals surface area contributed by atoms with E-state index >= 15 is 0 Å². The Kier molecular flexibility index (Phi) is 8.61. The minimum atomic E-state index is -4.09. The van der Waals surface area contributed by atoms with Crippen molar-refractivity contribution >= 4 is 33.2 Å². The zero-order chi connectivity index (χ0) is 24.6. The van der Waals surface area contributed by atoms with E-state index < -0.39 is 22.5 Å². The van der Waals surface area contributed by atoms with Crippen molar-refractivity contribution in [1.29, 1.82) is 0 Å². The molecule has 1 N–H and O–H groups in total. The normalized spacial score (nSPS) is 10.9. The Labute approximate surface area is 204 Å². The molecule has 0 fully saturated rings. The molecule has 0 aliphatic carbocycles. The summed E-state index contributed by atoms with van der Waals surface area (Å²) >= 11 is 5.85. The van der Waals surface area contributed by atoms with Crippen LogP contribution in [-0.2, 0) is 14.8 Å². The minimum Gasteiger partial charge on any atom is -0.497 e. The SMILES string of the molecule is COc1ccc(OC)c(N(CC(=O)NCCOc2ccc(Cl)cc2)S(=O)(=O)c2ccccc2)c1. The first-order chi connectivity index (χ1) is 16.3. The van der Waals surface area contributed by atoms with E-state index in [1.54, 1.807) is 54.6 Å². The van der Waals surface area contributed by atoms with Gasteiger partial charge in [-0.25, -0.2) is 8.42 Å². The molecule has 0 aliphatic heterocycles. The van der Waals surface area contributed by atoms with Crippen molar-refractivity contribution in [3.63, 3.8) is 0 Å². The van der Waals surface area contributed by atoms with Crippen molar-refractivity contribution < 1.29 is 27.4 Å². The molecule has 34 heavy (non-hydrogen) atoms. The van der Waals surface area contributed by atoms with Crippen molar-refractivity contribution in [2.75, 3.05) is 38.2 Å². The van der Waals surface area contributed by atoms with Gasteiger partial charge in [-0.3, -0.25) is 9.10 Å². The fourth-order valence-corrected chi connectivity index (χ4v) is 4.66. The molecule has 0 saturated heterocycles. The van der Waals surface area contributed by atoms with Gasteiger partial charge >= 0.3 is 0 Å². The van der Waals surface area contributed by atoms with Crippen LogP contribution in [0.5, 0.6) is 17.2 Å².